The van der Waals surface area contributed by atoms with E-state index in [1.807, 2.05) is 0 Å². The fraction of sp³-hybridized carbons (Fsp3) is 0. The van der Waals surface area contributed by atoms with Crippen LogP contribution >= 0.6 is 12.6 Å². The van der Waals surface area contributed by atoms with E-state index in [1.54, 1.807) is 0 Å². The zero-order valence-electron chi connectivity index (χ0n) is 6.80. The molecule has 0 fully saturated rings. The molecule has 1 aromatic rings. The predicted octanol–water partition coefficient (Wildman–Crippen LogP) is -0.316. The topological polar surface area (TPSA) is 89.0 Å². The van der Waals surface area contributed by atoms with Gasteiger partial charge >= 0.3 is 0 Å². The van der Waals surface area contributed by atoms with Gasteiger partial charge in [-0.3, -0.25) is 14.4 Å². The number of nitrogens with one attached hydrogen (secondary N) is 1. The third-order valence-electron chi connectivity index (χ3n) is 1.26. The molecular formula is C7H5N3O3S. The summed E-state index contributed by atoms with van der Waals surface area (Å²) >= 11 is 3.33. The molecule has 0 saturated heterocycles. The molecule has 0 aliphatic carbocycles. The van der Waals surface area contributed by atoms with Gasteiger partial charge in [0.05, 0.1) is 0 Å². The lowest BCUT2D eigenvalue weighted by Gasteiger charge is -1.98. The quantitative estimate of drug-likeness (QED) is 0.308. The van der Waals surface area contributed by atoms with E-state index < -0.39 is 10.9 Å². The predicted molar refractivity (Wildman–Crippen MR) is 50.0 cm³/mol. The molecule has 0 aliphatic heterocycles. The van der Waals surface area contributed by atoms with Crippen molar-refractivity contribution in [1.82, 2.24) is 9.97 Å². The molecule has 0 radical (unpaired) electrons. The average Bonchev–Trinajstić information content (AvgIpc) is 2.17. The van der Waals surface area contributed by atoms with Crippen LogP contribution < -0.4 is 5.32 Å². The van der Waals surface area contributed by atoms with Gasteiger partial charge in [-0.15, -0.1) is 0 Å². The van der Waals surface area contributed by atoms with Gasteiger partial charge in [-0.05, 0) is 6.07 Å². The first-order valence-electron chi connectivity index (χ1n) is 3.46. The number of aromatic nitrogens is 2. The molecule has 14 heavy (non-hydrogen) atoms. The Hall–Kier alpha value is -1.76. The Kier molecular flexibility index (Phi) is 3.29. The Morgan fingerprint density at radius 3 is 2.79 bits per heavy atom. The van der Waals surface area contributed by atoms with E-state index in [4.69, 9.17) is 0 Å². The minimum atomic E-state index is -0.951. The minimum absolute atomic E-state index is 0.146. The summed E-state index contributed by atoms with van der Waals surface area (Å²) in [6.07, 6.45) is 1.65. The van der Waals surface area contributed by atoms with Gasteiger partial charge in [0.1, 0.15) is 5.82 Å². The number of ketones is 1. The molecule has 0 atom stereocenters. The molecule has 1 amide bonds. The number of Topliss-reactive ketones (excluding diaryl/α,β-unsaturated/α-hetero) is 1. The SMILES string of the molecule is O=CNc1ccnc(C(=O)C(=O)S)n1. The molecule has 1 N–H and O–H groups in total. The van der Waals surface area contributed by atoms with Gasteiger partial charge in [0, 0.05) is 6.20 Å². The number of rotatable bonds is 4. The zero-order chi connectivity index (χ0) is 10.6. The van der Waals surface area contributed by atoms with E-state index in [9.17, 15) is 14.4 Å². The smallest absolute Gasteiger partial charge is 0.276 e. The normalized spacial score (nSPS) is 9.21. The van der Waals surface area contributed by atoms with E-state index in [2.05, 4.69) is 27.9 Å². The van der Waals surface area contributed by atoms with Gasteiger partial charge in [0.15, 0.2) is 0 Å². The molecule has 7 heteroatoms. The zero-order valence-corrected chi connectivity index (χ0v) is 7.69. The lowest BCUT2D eigenvalue weighted by Crippen LogP contribution is -2.13. The molecule has 0 saturated carbocycles. The van der Waals surface area contributed by atoms with Crippen LogP contribution in [0.1, 0.15) is 10.6 Å². The van der Waals surface area contributed by atoms with Crippen LogP contribution in [0.25, 0.3) is 0 Å². The van der Waals surface area contributed by atoms with Crippen LogP contribution in [0.3, 0.4) is 0 Å². The maximum Gasteiger partial charge on any atom is 0.276 e. The van der Waals surface area contributed by atoms with Crippen molar-refractivity contribution in [3.8, 4) is 0 Å². The third kappa shape index (κ3) is 2.36. The lowest BCUT2D eigenvalue weighted by atomic mass is 10.4. The van der Waals surface area contributed by atoms with Crippen LogP contribution in [-0.4, -0.2) is 27.3 Å². The van der Waals surface area contributed by atoms with Crippen LogP contribution in [0.2, 0.25) is 0 Å². The number of nitrogens with zero attached hydrogens (tertiary/aromatic N) is 2. The summed E-state index contributed by atoms with van der Waals surface area (Å²) in [5.74, 6) is -1.06. The summed E-state index contributed by atoms with van der Waals surface area (Å²) in [6, 6.07) is 1.38. The van der Waals surface area contributed by atoms with E-state index >= 15 is 0 Å². The monoisotopic (exact) mass is 211 g/mol. The maximum atomic E-state index is 11.0. The van der Waals surface area contributed by atoms with Crippen molar-refractivity contribution < 1.29 is 14.4 Å². The molecule has 0 bridgehead atoms. The molecular weight excluding hydrogens is 206 g/mol. The van der Waals surface area contributed by atoms with E-state index in [0.29, 0.717) is 6.41 Å². The van der Waals surface area contributed by atoms with Crippen molar-refractivity contribution in [2.45, 2.75) is 0 Å². The van der Waals surface area contributed by atoms with Gasteiger partial charge in [-0.2, -0.15) is 0 Å². The highest BCUT2D eigenvalue weighted by Crippen LogP contribution is 2.02. The fourth-order valence-electron chi connectivity index (χ4n) is 0.705. The first-order valence-corrected chi connectivity index (χ1v) is 3.90. The summed E-state index contributed by atoms with van der Waals surface area (Å²) < 4.78 is 0. The van der Waals surface area contributed by atoms with Crippen LogP contribution in [0.5, 0.6) is 0 Å². The summed E-state index contributed by atoms with van der Waals surface area (Å²) in [7, 11) is 0. The van der Waals surface area contributed by atoms with Crippen LogP contribution in [0.15, 0.2) is 12.3 Å². The second kappa shape index (κ2) is 4.47. The van der Waals surface area contributed by atoms with Crippen molar-refractivity contribution in [2.75, 3.05) is 5.32 Å². The standard InChI is InChI=1S/C7H5N3O3S/c11-3-9-4-1-2-8-6(10-4)5(12)7(13)14/h1-3H,(H,13,14)(H,8,9,10,11). The Morgan fingerprint density at radius 2 is 2.21 bits per heavy atom. The molecule has 0 spiro atoms. The number of carbonyl (C=O) groups is 3. The number of carbonyl (C=O) groups excluding carboxylic acids is 3. The molecule has 72 valence electrons. The van der Waals surface area contributed by atoms with E-state index in [0.717, 1.165) is 0 Å². The molecule has 1 aromatic heterocycles. The van der Waals surface area contributed by atoms with Crippen molar-refractivity contribution >= 4 is 35.8 Å². The first-order chi connectivity index (χ1) is 6.65. The molecule has 6 nitrogen and oxygen atoms in total. The second-order valence-electron chi connectivity index (χ2n) is 2.16. The highest BCUT2D eigenvalue weighted by molar-refractivity contribution is 7.98. The summed E-state index contributed by atoms with van der Waals surface area (Å²) in [5, 5.41) is 1.27. The maximum absolute atomic E-state index is 11.0. The van der Waals surface area contributed by atoms with E-state index in [-0.39, 0.29) is 11.6 Å². The van der Waals surface area contributed by atoms with Gasteiger partial charge in [-0.1, -0.05) is 12.6 Å². The van der Waals surface area contributed by atoms with Crippen molar-refractivity contribution in [2.24, 2.45) is 0 Å². The highest BCUT2D eigenvalue weighted by Gasteiger charge is 2.15. The fourth-order valence-corrected chi connectivity index (χ4v) is 0.805. The number of hydrogen-bond donors (Lipinski definition) is 2. The van der Waals surface area contributed by atoms with Crippen LogP contribution in [0, 0.1) is 0 Å². The number of hydrogen-bond acceptors (Lipinski definition) is 5. The van der Waals surface area contributed by atoms with Crippen molar-refractivity contribution in [3.63, 3.8) is 0 Å². The number of amides is 1. The molecule has 0 aliphatic rings. The third-order valence-corrected chi connectivity index (χ3v) is 1.46. The van der Waals surface area contributed by atoms with Crippen molar-refractivity contribution in [3.05, 3.63) is 18.1 Å². The second-order valence-corrected chi connectivity index (χ2v) is 2.57. The average molecular weight is 211 g/mol. The van der Waals surface area contributed by atoms with E-state index in [1.165, 1.54) is 12.3 Å². The Morgan fingerprint density at radius 1 is 1.50 bits per heavy atom. The Labute approximate surface area is 84.2 Å². The van der Waals surface area contributed by atoms with Crippen LogP contribution in [-0.2, 0) is 9.59 Å². The first kappa shape index (κ1) is 10.3. The van der Waals surface area contributed by atoms with Crippen LogP contribution in [0.4, 0.5) is 5.82 Å². The van der Waals surface area contributed by atoms with Gasteiger partial charge in [0.25, 0.3) is 10.9 Å². The lowest BCUT2D eigenvalue weighted by molar-refractivity contribution is -0.107. The highest BCUT2D eigenvalue weighted by atomic mass is 32.1. The number of anilines is 1. The minimum Gasteiger partial charge on any atom is -0.313 e. The largest absolute Gasteiger partial charge is 0.313 e. The molecule has 1 heterocycles. The molecule has 0 aromatic carbocycles. The van der Waals surface area contributed by atoms with Gasteiger partial charge in [-0.25, -0.2) is 9.97 Å². The van der Waals surface area contributed by atoms with Crippen molar-refractivity contribution in [1.29, 1.82) is 0 Å². The van der Waals surface area contributed by atoms with Gasteiger partial charge < -0.3 is 5.32 Å². The Bertz CT molecular complexity index is 394. The number of thiol groups is 1. The Balaban J connectivity index is 2.99. The molecule has 1 rings (SSSR count). The molecule has 0 unspecified atom stereocenters. The summed E-state index contributed by atoms with van der Waals surface area (Å²) in [5.41, 5.74) is 0. The van der Waals surface area contributed by atoms with Gasteiger partial charge in [0.2, 0.25) is 12.2 Å². The summed E-state index contributed by atoms with van der Waals surface area (Å²) in [4.78, 5) is 38.8. The summed E-state index contributed by atoms with van der Waals surface area (Å²) in [6.45, 7) is 0.